The minimum atomic E-state index is 0.401. The van der Waals surface area contributed by atoms with Crippen molar-refractivity contribution in [2.75, 3.05) is 0 Å². The van der Waals surface area contributed by atoms with Gasteiger partial charge in [0.05, 0.1) is 11.1 Å². The molecule has 0 saturated carbocycles. The van der Waals surface area contributed by atoms with Crippen molar-refractivity contribution in [1.29, 1.82) is 5.26 Å². The first kappa shape index (κ1) is 7.14. The number of nitriles is 1. The highest BCUT2D eigenvalue weighted by Gasteiger charge is 2.03. The Morgan fingerprint density at radius 3 is 3.08 bits per heavy atom. The summed E-state index contributed by atoms with van der Waals surface area (Å²) in [6, 6.07) is 5.50. The minimum absolute atomic E-state index is 0.401. The topological polar surface area (TPSA) is 52.5 Å². The smallest absolute Gasteiger partial charge is 0.129 e. The van der Waals surface area contributed by atoms with Crippen LogP contribution in [0.5, 0.6) is 0 Å². The van der Waals surface area contributed by atoms with Crippen LogP contribution in [0.3, 0.4) is 0 Å². The van der Waals surface area contributed by atoms with Crippen LogP contribution in [0.1, 0.15) is 5.56 Å². The van der Waals surface area contributed by atoms with Crippen LogP contribution in [0, 0.1) is 11.3 Å². The van der Waals surface area contributed by atoms with E-state index in [1.807, 2.05) is 6.07 Å². The number of nitrogens with one attached hydrogen (secondary N) is 1. The van der Waals surface area contributed by atoms with Gasteiger partial charge in [-0.05, 0) is 12.1 Å². The second-order valence-corrected chi connectivity index (χ2v) is 2.73. The number of H-pyrrole nitrogens is 1. The fourth-order valence-electron chi connectivity index (χ4n) is 1.06. The summed E-state index contributed by atoms with van der Waals surface area (Å²) in [5, 5.41) is 9.06. The van der Waals surface area contributed by atoms with E-state index in [0.717, 1.165) is 5.52 Å². The monoisotopic (exact) mass is 177 g/mol. The zero-order chi connectivity index (χ0) is 8.55. The van der Waals surface area contributed by atoms with Gasteiger partial charge in [0.1, 0.15) is 16.7 Å². The Morgan fingerprint density at radius 1 is 1.50 bits per heavy atom. The second-order valence-electron chi connectivity index (χ2n) is 2.34. The SMILES string of the molecule is N#Cc1c[nH]c2ccc(Cl)nc12. The summed E-state index contributed by atoms with van der Waals surface area (Å²) in [6.07, 6.45) is 1.62. The highest BCUT2D eigenvalue weighted by Crippen LogP contribution is 2.17. The minimum Gasteiger partial charge on any atom is -0.359 e. The van der Waals surface area contributed by atoms with Gasteiger partial charge >= 0.3 is 0 Å². The summed E-state index contributed by atoms with van der Waals surface area (Å²) in [4.78, 5) is 6.94. The summed E-state index contributed by atoms with van der Waals surface area (Å²) >= 11 is 5.67. The normalized spacial score (nSPS) is 10.0. The van der Waals surface area contributed by atoms with Gasteiger partial charge in [0.25, 0.3) is 0 Å². The molecule has 0 aliphatic heterocycles. The number of aromatic nitrogens is 2. The predicted octanol–water partition coefficient (Wildman–Crippen LogP) is 2.09. The lowest BCUT2D eigenvalue weighted by Gasteiger charge is -1.89. The Labute approximate surface area is 73.6 Å². The second kappa shape index (κ2) is 2.50. The third-order valence-electron chi connectivity index (χ3n) is 1.61. The molecule has 12 heavy (non-hydrogen) atoms. The largest absolute Gasteiger partial charge is 0.359 e. The van der Waals surface area contributed by atoms with E-state index in [9.17, 15) is 0 Å². The molecule has 0 unspecified atom stereocenters. The van der Waals surface area contributed by atoms with Gasteiger partial charge in [0, 0.05) is 6.20 Å². The molecule has 0 aliphatic rings. The number of fused-ring (bicyclic) bond motifs is 1. The molecule has 3 nitrogen and oxygen atoms in total. The van der Waals surface area contributed by atoms with Crippen molar-refractivity contribution in [2.24, 2.45) is 0 Å². The van der Waals surface area contributed by atoms with Crippen molar-refractivity contribution in [1.82, 2.24) is 9.97 Å². The molecule has 58 valence electrons. The summed E-state index contributed by atoms with van der Waals surface area (Å²) < 4.78 is 0. The van der Waals surface area contributed by atoms with E-state index in [0.29, 0.717) is 16.2 Å². The van der Waals surface area contributed by atoms with Gasteiger partial charge in [-0.2, -0.15) is 5.26 Å². The molecule has 2 aromatic heterocycles. The Morgan fingerprint density at radius 2 is 2.33 bits per heavy atom. The van der Waals surface area contributed by atoms with E-state index in [4.69, 9.17) is 16.9 Å². The van der Waals surface area contributed by atoms with Crippen LogP contribution in [-0.4, -0.2) is 9.97 Å². The van der Waals surface area contributed by atoms with Crippen molar-refractivity contribution >= 4 is 22.6 Å². The van der Waals surface area contributed by atoms with E-state index < -0.39 is 0 Å². The van der Waals surface area contributed by atoms with E-state index in [2.05, 4.69) is 9.97 Å². The van der Waals surface area contributed by atoms with Gasteiger partial charge in [-0.3, -0.25) is 0 Å². The lowest BCUT2D eigenvalue weighted by Crippen LogP contribution is -1.77. The highest BCUT2D eigenvalue weighted by molar-refractivity contribution is 6.29. The molecule has 2 aromatic rings. The highest BCUT2D eigenvalue weighted by atomic mass is 35.5. The van der Waals surface area contributed by atoms with E-state index in [1.54, 1.807) is 18.3 Å². The van der Waals surface area contributed by atoms with Crippen LogP contribution in [0.4, 0.5) is 0 Å². The number of pyridine rings is 1. The zero-order valence-corrected chi connectivity index (χ0v) is 6.76. The molecule has 1 N–H and O–H groups in total. The number of aromatic amines is 1. The molecule has 0 atom stereocenters. The number of nitrogens with zero attached hydrogens (tertiary/aromatic N) is 2. The predicted molar refractivity (Wildman–Crippen MR) is 45.8 cm³/mol. The number of halogens is 1. The molecule has 2 rings (SSSR count). The van der Waals surface area contributed by atoms with Gasteiger partial charge in [-0.25, -0.2) is 4.98 Å². The first-order chi connectivity index (χ1) is 5.81. The number of rotatable bonds is 0. The Bertz CT molecular complexity index is 467. The zero-order valence-electron chi connectivity index (χ0n) is 6.00. The quantitative estimate of drug-likeness (QED) is 0.627. The summed E-state index contributed by atoms with van der Waals surface area (Å²) in [7, 11) is 0. The Kier molecular flexibility index (Phi) is 1.49. The van der Waals surface area contributed by atoms with Gasteiger partial charge in [0.2, 0.25) is 0 Å². The maximum Gasteiger partial charge on any atom is 0.129 e. The third kappa shape index (κ3) is 0.936. The molecule has 2 heterocycles. The van der Waals surface area contributed by atoms with Crippen molar-refractivity contribution in [3.63, 3.8) is 0 Å². The molecular weight excluding hydrogens is 174 g/mol. The van der Waals surface area contributed by atoms with Crippen LogP contribution >= 0.6 is 11.6 Å². The van der Waals surface area contributed by atoms with Gasteiger partial charge in [0.15, 0.2) is 0 Å². The van der Waals surface area contributed by atoms with Crippen molar-refractivity contribution < 1.29 is 0 Å². The first-order valence-corrected chi connectivity index (χ1v) is 3.73. The molecule has 0 radical (unpaired) electrons. The maximum atomic E-state index is 8.66. The first-order valence-electron chi connectivity index (χ1n) is 3.35. The van der Waals surface area contributed by atoms with Crippen LogP contribution in [0.25, 0.3) is 11.0 Å². The molecule has 0 aromatic carbocycles. The Balaban J connectivity index is 2.86. The van der Waals surface area contributed by atoms with Gasteiger partial charge in [-0.1, -0.05) is 11.6 Å². The van der Waals surface area contributed by atoms with Crippen LogP contribution < -0.4 is 0 Å². The lowest BCUT2D eigenvalue weighted by molar-refractivity contribution is 1.40. The van der Waals surface area contributed by atoms with Gasteiger partial charge < -0.3 is 4.98 Å². The average Bonchev–Trinajstić information content (AvgIpc) is 2.46. The summed E-state index contributed by atoms with van der Waals surface area (Å²) in [5.41, 5.74) is 1.98. The van der Waals surface area contributed by atoms with Gasteiger partial charge in [-0.15, -0.1) is 0 Å². The molecular formula is C8H4ClN3. The standard InChI is InChI=1S/C8H4ClN3/c9-7-2-1-6-8(12-7)5(3-10)4-11-6/h1-2,4,11H. The van der Waals surface area contributed by atoms with Crippen LogP contribution in [0.2, 0.25) is 5.15 Å². The van der Waals surface area contributed by atoms with E-state index in [-0.39, 0.29) is 0 Å². The fraction of sp³-hybridized carbons (Fsp3) is 0. The lowest BCUT2D eigenvalue weighted by atomic mass is 10.3. The third-order valence-corrected chi connectivity index (χ3v) is 1.82. The van der Waals surface area contributed by atoms with Crippen molar-refractivity contribution in [3.05, 3.63) is 29.0 Å². The van der Waals surface area contributed by atoms with Crippen LogP contribution in [0.15, 0.2) is 18.3 Å². The number of hydrogen-bond acceptors (Lipinski definition) is 2. The number of hydrogen-bond donors (Lipinski definition) is 1. The van der Waals surface area contributed by atoms with E-state index >= 15 is 0 Å². The van der Waals surface area contributed by atoms with E-state index in [1.165, 1.54) is 0 Å². The molecule has 0 amide bonds. The fourth-order valence-corrected chi connectivity index (χ4v) is 1.21. The molecule has 0 fully saturated rings. The molecule has 0 bridgehead atoms. The molecule has 0 aliphatic carbocycles. The summed E-state index contributed by atoms with van der Waals surface area (Å²) in [6.45, 7) is 0. The van der Waals surface area contributed by atoms with Crippen molar-refractivity contribution in [3.8, 4) is 6.07 Å². The average molecular weight is 178 g/mol. The molecule has 4 heteroatoms. The maximum absolute atomic E-state index is 8.66. The van der Waals surface area contributed by atoms with Crippen molar-refractivity contribution in [2.45, 2.75) is 0 Å². The Hall–Kier alpha value is -1.53. The summed E-state index contributed by atoms with van der Waals surface area (Å²) in [5.74, 6) is 0. The van der Waals surface area contributed by atoms with Crippen LogP contribution in [-0.2, 0) is 0 Å². The molecule has 0 saturated heterocycles. The molecule has 0 spiro atoms.